The van der Waals surface area contributed by atoms with Gasteiger partial charge in [0.2, 0.25) is 0 Å². The molecular weight excluding hydrogens is 289 g/mol. The summed E-state index contributed by atoms with van der Waals surface area (Å²) in [6.07, 6.45) is 2.89. The number of anilines is 1. The third kappa shape index (κ3) is 3.07. The second kappa shape index (κ2) is 5.01. The third-order valence-electron chi connectivity index (χ3n) is 1.97. The van der Waals surface area contributed by atoms with Crippen molar-refractivity contribution in [1.82, 2.24) is 9.97 Å². The van der Waals surface area contributed by atoms with E-state index in [1.807, 2.05) is 0 Å². The number of amides is 1. The van der Waals surface area contributed by atoms with Crippen LogP contribution in [0.25, 0.3) is 0 Å². The Hall–Kier alpha value is -1.82. The number of halogens is 2. The monoisotopic (exact) mass is 295 g/mol. The van der Waals surface area contributed by atoms with Gasteiger partial charge in [-0.3, -0.25) is 4.79 Å². The van der Waals surface area contributed by atoms with E-state index in [2.05, 4.69) is 31.2 Å². The molecule has 0 unspecified atom stereocenters. The van der Waals surface area contributed by atoms with Crippen molar-refractivity contribution in [1.29, 1.82) is 0 Å². The molecule has 0 saturated heterocycles. The van der Waals surface area contributed by atoms with Crippen LogP contribution in [0.2, 0.25) is 0 Å². The number of carbonyl (C=O) groups is 1. The van der Waals surface area contributed by atoms with E-state index >= 15 is 0 Å². The summed E-state index contributed by atoms with van der Waals surface area (Å²) >= 11 is 3.14. The van der Waals surface area contributed by atoms with Gasteiger partial charge in [0.15, 0.2) is 5.82 Å². The maximum Gasteiger partial charge on any atom is 0.256 e. The summed E-state index contributed by atoms with van der Waals surface area (Å²) in [6.45, 7) is 0. The molecule has 1 heterocycles. The summed E-state index contributed by atoms with van der Waals surface area (Å²) < 4.78 is 13.2. The predicted molar refractivity (Wildman–Crippen MR) is 64.1 cm³/mol. The zero-order valence-electron chi connectivity index (χ0n) is 8.52. The molecule has 0 aliphatic rings. The lowest BCUT2D eigenvalue weighted by Gasteiger charge is -2.03. The minimum atomic E-state index is -0.384. The van der Waals surface area contributed by atoms with Crippen molar-refractivity contribution >= 4 is 27.7 Å². The van der Waals surface area contributed by atoms with Crippen LogP contribution in [0.4, 0.5) is 10.2 Å². The molecule has 1 aromatic heterocycles. The fraction of sp³-hybridized carbons (Fsp3) is 0. The molecule has 86 valence electrons. The zero-order valence-corrected chi connectivity index (χ0v) is 10.1. The minimum Gasteiger partial charge on any atom is -0.305 e. The van der Waals surface area contributed by atoms with Gasteiger partial charge in [0.05, 0.1) is 12.4 Å². The van der Waals surface area contributed by atoms with Gasteiger partial charge in [0.25, 0.3) is 5.91 Å². The average molecular weight is 296 g/mol. The molecule has 0 atom stereocenters. The Balaban J connectivity index is 2.11. The van der Waals surface area contributed by atoms with Gasteiger partial charge < -0.3 is 5.32 Å². The van der Waals surface area contributed by atoms with Crippen LogP contribution < -0.4 is 5.32 Å². The molecule has 1 N–H and O–H groups in total. The molecule has 0 aliphatic heterocycles. The first-order valence-corrected chi connectivity index (χ1v) is 5.49. The molecule has 2 rings (SSSR count). The molecule has 0 fully saturated rings. The smallest absolute Gasteiger partial charge is 0.256 e. The molecule has 0 saturated carbocycles. The Morgan fingerprint density at radius 3 is 2.47 bits per heavy atom. The normalized spacial score (nSPS) is 10.0. The van der Waals surface area contributed by atoms with Crippen LogP contribution in [0.1, 0.15) is 10.4 Å². The number of aromatic nitrogens is 2. The number of benzene rings is 1. The van der Waals surface area contributed by atoms with Crippen LogP contribution in [0, 0.1) is 5.82 Å². The van der Waals surface area contributed by atoms with E-state index < -0.39 is 0 Å². The fourth-order valence-electron chi connectivity index (χ4n) is 1.17. The predicted octanol–water partition coefficient (Wildman–Crippen LogP) is 2.63. The largest absolute Gasteiger partial charge is 0.305 e. The number of carbonyl (C=O) groups excluding carboxylic acids is 1. The van der Waals surface area contributed by atoms with Gasteiger partial charge in [-0.05, 0) is 40.2 Å². The molecule has 0 bridgehead atoms. The Morgan fingerprint density at radius 1 is 1.18 bits per heavy atom. The van der Waals surface area contributed by atoms with Crippen molar-refractivity contribution < 1.29 is 9.18 Å². The Morgan fingerprint density at radius 2 is 1.88 bits per heavy atom. The molecule has 0 radical (unpaired) electrons. The van der Waals surface area contributed by atoms with Crippen molar-refractivity contribution in [3.63, 3.8) is 0 Å². The summed E-state index contributed by atoms with van der Waals surface area (Å²) in [7, 11) is 0. The topological polar surface area (TPSA) is 54.9 Å². The first kappa shape index (κ1) is 11.7. The molecule has 0 aliphatic carbocycles. The Labute approximate surface area is 105 Å². The molecule has 0 spiro atoms. The van der Waals surface area contributed by atoms with Gasteiger partial charge in [-0.2, -0.15) is 0 Å². The number of rotatable bonds is 2. The quantitative estimate of drug-likeness (QED) is 0.927. The van der Waals surface area contributed by atoms with Gasteiger partial charge >= 0.3 is 0 Å². The van der Waals surface area contributed by atoms with Crippen molar-refractivity contribution in [3.05, 3.63) is 52.6 Å². The highest BCUT2D eigenvalue weighted by molar-refractivity contribution is 9.10. The fourth-order valence-corrected chi connectivity index (χ4v) is 1.37. The number of hydrogen-bond acceptors (Lipinski definition) is 3. The Kier molecular flexibility index (Phi) is 3.43. The van der Waals surface area contributed by atoms with E-state index in [9.17, 15) is 9.18 Å². The van der Waals surface area contributed by atoms with Crippen LogP contribution in [-0.4, -0.2) is 15.9 Å². The summed E-state index contributed by atoms with van der Waals surface area (Å²) in [4.78, 5) is 19.6. The van der Waals surface area contributed by atoms with E-state index in [1.165, 1.54) is 36.7 Å². The third-order valence-corrected chi connectivity index (χ3v) is 2.38. The standard InChI is InChI=1S/C11H7BrFN3O/c12-9-5-15-10(6-14-9)16-11(17)7-1-3-8(13)4-2-7/h1-6H,(H,15,16,17). The summed E-state index contributed by atoms with van der Waals surface area (Å²) in [5, 5.41) is 2.55. The van der Waals surface area contributed by atoms with Gasteiger partial charge in [-0.25, -0.2) is 14.4 Å². The lowest BCUT2D eigenvalue weighted by atomic mass is 10.2. The second-order valence-electron chi connectivity index (χ2n) is 3.19. The van der Waals surface area contributed by atoms with Gasteiger partial charge in [0, 0.05) is 5.56 Å². The molecule has 4 nitrogen and oxygen atoms in total. The van der Waals surface area contributed by atoms with Crippen molar-refractivity contribution in [2.24, 2.45) is 0 Å². The lowest BCUT2D eigenvalue weighted by molar-refractivity contribution is 0.102. The van der Waals surface area contributed by atoms with Crippen molar-refractivity contribution in [2.45, 2.75) is 0 Å². The molecular formula is C11H7BrFN3O. The van der Waals surface area contributed by atoms with Crippen LogP contribution in [-0.2, 0) is 0 Å². The van der Waals surface area contributed by atoms with Crippen LogP contribution in [0.5, 0.6) is 0 Å². The van der Waals surface area contributed by atoms with Crippen LogP contribution >= 0.6 is 15.9 Å². The van der Waals surface area contributed by atoms with Gasteiger partial charge in [-0.15, -0.1) is 0 Å². The second-order valence-corrected chi connectivity index (χ2v) is 4.00. The molecule has 1 aromatic carbocycles. The summed E-state index contributed by atoms with van der Waals surface area (Å²) in [5.41, 5.74) is 0.358. The molecule has 17 heavy (non-hydrogen) atoms. The van der Waals surface area contributed by atoms with Gasteiger partial charge in [0.1, 0.15) is 10.4 Å². The first-order chi connectivity index (χ1) is 8.15. The number of nitrogens with zero attached hydrogens (tertiary/aromatic N) is 2. The van der Waals surface area contributed by atoms with Crippen LogP contribution in [0.15, 0.2) is 41.3 Å². The Bertz CT molecular complexity index is 527. The number of hydrogen-bond donors (Lipinski definition) is 1. The maximum absolute atomic E-state index is 12.7. The highest BCUT2D eigenvalue weighted by atomic mass is 79.9. The SMILES string of the molecule is O=C(Nc1cnc(Br)cn1)c1ccc(F)cc1. The summed E-state index contributed by atoms with van der Waals surface area (Å²) in [6, 6.07) is 5.25. The summed E-state index contributed by atoms with van der Waals surface area (Å²) in [5.74, 6) is -0.408. The number of nitrogens with one attached hydrogen (secondary N) is 1. The molecule has 6 heteroatoms. The van der Waals surface area contributed by atoms with Gasteiger partial charge in [-0.1, -0.05) is 0 Å². The van der Waals surface area contributed by atoms with E-state index in [0.29, 0.717) is 16.0 Å². The maximum atomic E-state index is 12.7. The van der Waals surface area contributed by atoms with E-state index in [4.69, 9.17) is 0 Å². The average Bonchev–Trinajstić information content (AvgIpc) is 2.33. The zero-order chi connectivity index (χ0) is 12.3. The van der Waals surface area contributed by atoms with Crippen LogP contribution in [0.3, 0.4) is 0 Å². The highest BCUT2D eigenvalue weighted by Gasteiger charge is 2.06. The first-order valence-electron chi connectivity index (χ1n) is 4.69. The molecule has 2 aromatic rings. The minimum absolute atomic E-state index is 0.336. The van der Waals surface area contributed by atoms with E-state index in [0.717, 1.165) is 0 Å². The van der Waals surface area contributed by atoms with Crippen molar-refractivity contribution in [2.75, 3.05) is 5.32 Å². The van der Waals surface area contributed by atoms with E-state index in [-0.39, 0.29) is 11.7 Å². The van der Waals surface area contributed by atoms with E-state index in [1.54, 1.807) is 0 Å². The lowest BCUT2D eigenvalue weighted by Crippen LogP contribution is -2.13. The van der Waals surface area contributed by atoms with Crippen molar-refractivity contribution in [3.8, 4) is 0 Å². The highest BCUT2D eigenvalue weighted by Crippen LogP contribution is 2.09. The molecule has 1 amide bonds.